The first-order valence-corrected chi connectivity index (χ1v) is 6.25. The van der Waals surface area contributed by atoms with E-state index >= 15 is 0 Å². The molecule has 0 bridgehead atoms. The minimum atomic E-state index is -0.263. The molecule has 0 fully saturated rings. The summed E-state index contributed by atoms with van der Waals surface area (Å²) in [5, 5.41) is 11.0. The van der Waals surface area contributed by atoms with Crippen LogP contribution < -0.4 is 21.3 Å². The summed E-state index contributed by atoms with van der Waals surface area (Å²) in [6, 6.07) is 6.77. The quantitative estimate of drug-likeness (QED) is 0.646. The van der Waals surface area contributed by atoms with Gasteiger partial charge in [0.05, 0.1) is 0 Å². The first-order valence-electron chi connectivity index (χ1n) is 6.25. The fraction of sp³-hybridized carbons (Fsp3) is 0.385. The van der Waals surface area contributed by atoms with Gasteiger partial charge in [-0.3, -0.25) is 4.79 Å². The van der Waals surface area contributed by atoms with Crippen LogP contribution in [0.25, 0.3) is 0 Å². The van der Waals surface area contributed by atoms with Gasteiger partial charge in [0.25, 0.3) is 0 Å². The number of carbonyl (C=O) groups is 2. The molecule has 0 aromatic heterocycles. The number of rotatable bonds is 6. The van der Waals surface area contributed by atoms with Gasteiger partial charge in [0, 0.05) is 30.9 Å². The molecule has 0 unspecified atom stereocenters. The van der Waals surface area contributed by atoms with Crippen molar-refractivity contribution in [3.63, 3.8) is 0 Å². The zero-order valence-electron chi connectivity index (χ0n) is 11.7. The van der Waals surface area contributed by atoms with Crippen LogP contribution in [0.15, 0.2) is 24.3 Å². The second-order valence-electron chi connectivity index (χ2n) is 3.97. The highest BCUT2D eigenvalue weighted by Gasteiger charge is 2.04. The third kappa shape index (κ3) is 6.96. The molecule has 0 aliphatic heterocycles. The maximum atomic E-state index is 11.6. The maximum absolute atomic E-state index is 11.6. The molecular weight excluding hydrogens is 280 g/mol. The van der Waals surface area contributed by atoms with Crippen LogP contribution in [0, 0.1) is 0 Å². The molecule has 3 amide bonds. The molecule has 0 radical (unpaired) electrons. The lowest BCUT2D eigenvalue weighted by molar-refractivity contribution is -0.116. The number of halogens is 1. The zero-order valence-corrected chi connectivity index (χ0v) is 12.5. The Bertz CT molecular complexity index is 440. The van der Waals surface area contributed by atoms with Crippen molar-refractivity contribution in [2.75, 3.05) is 30.8 Å². The zero-order chi connectivity index (χ0) is 14.1. The average Bonchev–Trinajstić information content (AvgIpc) is 2.37. The van der Waals surface area contributed by atoms with Gasteiger partial charge in [-0.1, -0.05) is 6.07 Å². The fourth-order valence-corrected chi connectivity index (χ4v) is 1.47. The van der Waals surface area contributed by atoms with Crippen molar-refractivity contribution in [1.29, 1.82) is 0 Å². The molecule has 0 atom stereocenters. The van der Waals surface area contributed by atoms with Crippen LogP contribution in [0.5, 0.6) is 0 Å². The van der Waals surface area contributed by atoms with E-state index in [1.165, 1.54) is 0 Å². The third-order valence-corrected chi connectivity index (χ3v) is 2.34. The summed E-state index contributed by atoms with van der Waals surface area (Å²) in [7, 11) is 1.80. The van der Waals surface area contributed by atoms with Crippen LogP contribution in [-0.2, 0) is 4.79 Å². The van der Waals surface area contributed by atoms with E-state index in [-0.39, 0.29) is 24.3 Å². The number of amides is 3. The Morgan fingerprint density at radius 2 is 1.80 bits per heavy atom. The molecule has 6 nitrogen and oxygen atoms in total. The van der Waals surface area contributed by atoms with Gasteiger partial charge in [-0.25, -0.2) is 4.79 Å². The second-order valence-corrected chi connectivity index (χ2v) is 3.97. The van der Waals surface area contributed by atoms with E-state index in [2.05, 4.69) is 21.3 Å². The second kappa shape index (κ2) is 10.1. The molecule has 1 rings (SSSR count). The highest BCUT2D eigenvalue weighted by molar-refractivity contribution is 5.93. The van der Waals surface area contributed by atoms with Crippen LogP contribution >= 0.6 is 12.4 Å². The molecule has 0 heterocycles. The normalized spacial score (nSPS) is 9.30. The summed E-state index contributed by atoms with van der Waals surface area (Å²) in [4.78, 5) is 22.9. The largest absolute Gasteiger partial charge is 0.338 e. The molecule has 112 valence electrons. The Kier molecular flexibility index (Phi) is 9.15. The van der Waals surface area contributed by atoms with Crippen LogP contribution in [-0.4, -0.2) is 32.1 Å². The Labute approximate surface area is 125 Å². The van der Waals surface area contributed by atoms with Crippen LogP contribution in [0.4, 0.5) is 16.2 Å². The summed E-state index contributed by atoms with van der Waals surface area (Å²) in [6.45, 7) is 3.03. The van der Waals surface area contributed by atoms with E-state index in [4.69, 9.17) is 0 Å². The molecule has 0 spiro atoms. The van der Waals surface area contributed by atoms with Gasteiger partial charge in [0.2, 0.25) is 5.91 Å². The summed E-state index contributed by atoms with van der Waals surface area (Å²) in [5.41, 5.74) is 1.30. The monoisotopic (exact) mass is 300 g/mol. The highest BCUT2D eigenvalue weighted by Crippen LogP contribution is 2.15. The molecule has 0 aliphatic carbocycles. The van der Waals surface area contributed by atoms with Gasteiger partial charge < -0.3 is 21.3 Å². The van der Waals surface area contributed by atoms with Gasteiger partial charge in [-0.15, -0.1) is 12.4 Å². The summed E-state index contributed by atoms with van der Waals surface area (Å²) < 4.78 is 0. The lowest BCUT2D eigenvalue weighted by Gasteiger charge is -2.09. The van der Waals surface area contributed by atoms with Crippen molar-refractivity contribution >= 4 is 35.7 Å². The predicted molar refractivity (Wildman–Crippen MR) is 83.6 cm³/mol. The van der Waals surface area contributed by atoms with Crippen molar-refractivity contribution < 1.29 is 9.59 Å². The van der Waals surface area contributed by atoms with Crippen LogP contribution in [0.1, 0.15) is 13.3 Å². The van der Waals surface area contributed by atoms with Crippen LogP contribution in [0.2, 0.25) is 0 Å². The minimum absolute atomic E-state index is 0. The Hall–Kier alpha value is -1.79. The summed E-state index contributed by atoms with van der Waals surface area (Å²) in [6.07, 6.45) is 0.407. The molecule has 4 N–H and O–H groups in total. The van der Waals surface area contributed by atoms with E-state index in [9.17, 15) is 9.59 Å². The average molecular weight is 301 g/mol. The lowest BCUT2D eigenvalue weighted by atomic mass is 10.2. The highest BCUT2D eigenvalue weighted by atomic mass is 35.5. The van der Waals surface area contributed by atoms with Gasteiger partial charge in [-0.2, -0.15) is 0 Å². The molecule has 20 heavy (non-hydrogen) atoms. The van der Waals surface area contributed by atoms with Crippen LogP contribution in [0.3, 0.4) is 0 Å². The molecule has 0 aliphatic rings. The predicted octanol–water partition coefficient (Wildman–Crippen LogP) is 1.80. The van der Waals surface area contributed by atoms with E-state index in [0.29, 0.717) is 30.9 Å². The van der Waals surface area contributed by atoms with E-state index < -0.39 is 0 Å². The molecule has 7 heteroatoms. The SMILES string of the molecule is CCNC(=O)Nc1cccc(NC(=O)CCNC)c1.Cl. The summed E-state index contributed by atoms with van der Waals surface area (Å²) in [5.74, 6) is -0.0653. The van der Waals surface area contributed by atoms with E-state index in [0.717, 1.165) is 0 Å². The molecule has 0 saturated carbocycles. The van der Waals surface area contributed by atoms with Gasteiger partial charge >= 0.3 is 6.03 Å². The van der Waals surface area contributed by atoms with Crippen molar-refractivity contribution in [3.05, 3.63) is 24.3 Å². The standard InChI is InChI=1S/C13H20N4O2.ClH/c1-3-15-13(19)17-11-6-4-5-10(9-11)16-12(18)7-8-14-2;/h4-6,9,14H,3,7-8H2,1-2H3,(H,16,18)(H2,15,17,19);1H. The molecule has 1 aromatic carbocycles. The first kappa shape index (κ1) is 18.2. The van der Waals surface area contributed by atoms with Crippen molar-refractivity contribution in [1.82, 2.24) is 10.6 Å². The number of carbonyl (C=O) groups excluding carboxylic acids is 2. The fourth-order valence-electron chi connectivity index (χ4n) is 1.47. The van der Waals surface area contributed by atoms with E-state index in [1.807, 2.05) is 6.92 Å². The first-order chi connectivity index (χ1) is 9.15. The van der Waals surface area contributed by atoms with Crippen molar-refractivity contribution in [3.8, 4) is 0 Å². The van der Waals surface area contributed by atoms with Gasteiger partial charge in [0.1, 0.15) is 0 Å². The maximum Gasteiger partial charge on any atom is 0.319 e. The molecule has 0 saturated heterocycles. The number of urea groups is 1. The van der Waals surface area contributed by atoms with Crippen molar-refractivity contribution in [2.45, 2.75) is 13.3 Å². The van der Waals surface area contributed by atoms with Crippen molar-refractivity contribution in [2.24, 2.45) is 0 Å². The summed E-state index contributed by atoms with van der Waals surface area (Å²) >= 11 is 0. The lowest BCUT2D eigenvalue weighted by Crippen LogP contribution is -2.28. The minimum Gasteiger partial charge on any atom is -0.338 e. The van der Waals surface area contributed by atoms with Gasteiger partial charge in [-0.05, 0) is 32.2 Å². The number of hydrogen-bond donors (Lipinski definition) is 4. The van der Waals surface area contributed by atoms with E-state index in [1.54, 1.807) is 31.3 Å². The van der Waals surface area contributed by atoms with Gasteiger partial charge in [0.15, 0.2) is 0 Å². The Morgan fingerprint density at radius 3 is 2.40 bits per heavy atom. The Balaban J connectivity index is 0.00000361. The Morgan fingerprint density at radius 1 is 1.15 bits per heavy atom. The number of hydrogen-bond acceptors (Lipinski definition) is 3. The third-order valence-electron chi connectivity index (χ3n) is 2.34. The topological polar surface area (TPSA) is 82.3 Å². The number of benzene rings is 1. The number of nitrogens with one attached hydrogen (secondary N) is 4. The number of anilines is 2. The molecular formula is C13H21ClN4O2. The molecule has 1 aromatic rings. The smallest absolute Gasteiger partial charge is 0.319 e.